The Morgan fingerprint density at radius 1 is 1.18 bits per heavy atom. The van der Waals surface area contributed by atoms with Gasteiger partial charge < -0.3 is 10.2 Å². The van der Waals surface area contributed by atoms with Crippen molar-refractivity contribution in [2.24, 2.45) is 11.8 Å². The number of carbonyl (C=O) groups excluding carboxylic acids is 1. The van der Waals surface area contributed by atoms with Crippen molar-refractivity contribution >= 4 is 23.5 Å². The summed E-state index contributed by atoms with van der Waals surface area (Å²) >= 11 is 0. The fraction of sp³-hybridized carbons (Fsp3) is 0.438. The molecule has 118 valence electrons. The Kier molecular flexibility index (Phi) is 4.49. The Balaban J connectivity index is 2.25. The number of aliphatic carboxylic acids is 2. The molecular weight excluding hydrogens is 286 g/mol. The molecule has 6 nitrogen and oxygen atoms in total. The third kappa shape index (κ3) is 2.95. The third-order valence-electron chi connectivity index (χ3n) is 4.05. The van der Waals surface area contributed by atoms with E-state index < -0.39 is 29.8 Å². The van der Waals surface area contributed by atoms with Crippen LogP contribution in [0.4, 0.5) is 5.69 Å². The predicted octanol–water partition coefficient (Wildman–Crippen LogP) is 1.78. The summed E-state index contributed by atoms with van der Waals surface area (Å²) in [7, 11) is 0. The molecule has 0 saturated heterocycles. The molecule has 0 saturated carbocycles. The lowest BCUT2D eigenvalue weighted by Gasteiger charge is -2.26. The molecule has 2 N–H and O–H groups in total. The van der Waals surface area contributed by atoms with Gasteiger partial charge in [-0.25, -0.2) is 4.79 Å². The van der Waals surface area contributed by atoms with Crippen LogP contribution in [0.3, 0.4) is 0 Å². The Bertz CT molecular complexity index is 612. The minimum absolute atomic E-state index is 0.180. The summed E-state index contributed by atoms with van der Waals surface area (Å²) in [6.45, 7) is 3.18. The van der Waals surface area contributed by atoms with Crippen molar-refractivity contribution in [1.29, 1.82) is 0 Å². The van der Waals surface area contributed by atoms with E-state index in [9.17, 15) is 19.5 Å². The van der Waals surface area contributed by atoms with E-state index in [2.05, 4.69) is 0 Å². The van der Waals surface area contributed by atoms with E-state index in [1.54, 1.807) is 26.0 Å². The second-order valence-electron chi connectivity index (χ2n) is 5.77. The van der Waals surface area contributed by atoms with Crippen LogP contribution in [-0.2, 0) is 20.8 Å². The SMILES string of the molecule is C[C@H](C[C@@H](C)C(=O)N1c2ccccc2C[C@H]1C(=O)O)C(=O)O. The summed E-state index contributed by atoms with van der Waals surface area (Å²) in [5, 5.41) is 18.3. The fourth-order valence-corrected chi connectivity index (χ4v) is 2.83. The number of carbonyl (C=O) groups is 3. The van der Waals surface area contributed by atoms with Crippen molar-refractivity contribution < 1.29 is 24.6 Å². The van der Waals surface area contributed by atoms with Gasteiger partial charge in [0.05, 0.1) is 5.92 Å². The van der Waals surface area contributed by atoms with Crippen LogP contribution in [0.1, 0.15) is 25.8 Å². The molecule has 1 aliphatic heterocycles. The molecule has 0 radical (unpaired) electrons. The van der Waals surface area contributed by atoms with Crippen molar-refractivity contribution in [3.05, 3.63) is 29.8 Å². The second kappa shape index (κ2) is 6.17. The second-order valence-corrected chi connectivity index (χ2v) is 5.77. The van der Waals surface area contributed by atoms with Crippen molar-refractivity contribution in [3.63, 3.8) is 0 Å². The van der Waals surface area contributed by atoms with Gasteiger partial charge in [-0.15, -0.1) is 0 Å². The summed E-state index contributed by atoms with van der Waals surface area (Å²) in [6.07, 6.45) is 0.456. The summed E-state index contributed by atoms with van der Waals surface area (Å²) < 4.78 is 0. The first-order valence-corrected chi connectivity index (χ1v) is 7.19. The number of nitrogens with zero attached hydrogens (tertiary/aromatic N) is 1. The number of hydrogen-bond acceptors (Lipinski definition) is 3. The van der Waals surface area contributed by atoms with Gasteiger partial charge in [-0.1, -0.05) is 32.0 Å². The van der Waals surface area contributed by atoms with Crippen LogP contribution in [0.5, 0.6) is 0 Å². The van der Waals surface area contributed by atoms with Gasteiger partial charge in [0, 0.05) is 18.0 Å². The highest BCUT2D eigenvalue weighted by Gasteiger charge is 2.40. The molecule has 0 aromatic heterocycles. The minimum Gasteiger partial charge on any atom is -0.481 e. The first-order chi connectivity index (χ1) is 10.3. The molecule has 0 spiro atoms. The standard InChI is InChI=1S/C16H19NO5/c1-9(7-10(2)15(19)20)14(18)17-12-6-4-3-5-11(12)8-13(17)16(21)22/h3-6,9-10,13H,7-8H2,1-2H3,(H,19,20)(H,21,22)/t9-,10-,13+/m1/s1. The number of carboxylic acid groups (broad SMARTS) is 2. The van der Waals surface area contributed by atoms with Crippen molar-refractivity contribution in [2.45, 2.75) is 32.7 Å². The topological polar surface area (TPSA) is 94.9 Å². The molecule has 0 bridgehead atoms. The Labute approximate surface area is 128 Å². The quantitative estimate of drug-likeness (QED) is 0.864. The number of rotatable bonds is 5. The van der Waals surface area contributed by atoms with Crippen LogP contribution in [0.2, 0.25) is 0 Å². The van der Waals surface area contributed by atoms with Crippen LogP contribution in [0.15, 0.2) is 24.3 Å². The largest absolute Gasteiger partial charge is 0.481 e. The lowest BCUT2D eigenvalue weighted by molar-refractivity contribution is -0.143. The molecular formula is C16H19NO5. The average molecular weight is 305 g/mol. The first kappa shape index (κ1) is 16.0. The monoisotopic (exact) mass is 305 g/mol. The Morgan fingerprint density at radius 2 is 1.82 bits per heavy atom. The molecule has 1 aromatic carbocycles. The van der Waals surface area contributed by atoms with Gasteiger partial charge in [0.15, 0.2) is 0 Å². The number of para-hydroxylation sites is 1. The van der Waals surface area contributed by atoms with Gasteiger partial charge in [0.1, 0.15) is 6.04 Å². The van der Waals surface area contributed by atoms with Gasteiger partial charge in [-0.3, -0.25) is 14.5 Å². The van der Waals surface area contributed by atoms with Gasteiger partial charge in [0.25, 0.3) is 0 Å². The Hall–Kier alpha value is -2.37. The molecule has 1 heterocycles. The zero-order valence-corrected chi connectivity index (χ0v) is 12.5. The Morgan fingerprint density at radius 3 is 2.41 bits per heavy atom. The molecule has 1 aliphatic rings. The lowest BCUT2D eigenvalue weighted by Crippen LogP contribution is -2.45. The molecule has 0 fully saturated rings. The zero-order valence-electron chi connectivity index (χ0n) is 12.5. The smallest absolute Gasteiger partial charge is 0.327 e. The maximum Gasteiger partial charge on any atom is 0.327 e. The molecule has 22 heavy (non-hydrogen) atoms. The van der Waals surface area contributed by atoms with E-state index >= 15 is 0 Å². The number of benzene rings is 1. The van der Waals surface area contributed by atoms with E-state index in [-0.39, 0.29) is 18.7 Å². The number of carboxylic acids is 2. The molecule has 2 rings (SSSR count). The van der Waals surface area contributed by atoms with E-state index in [1.807, 2.05) is 12.1 Å². The van der Waals surface area contributed by atoms with Gasteiger partial charge in [-0.05, 0) is 18.1 Å². The molecule has 6 heteroatoms. The van der Waals surface area contributed by atoms with Crippen molar-refractivity contribution in [1.82, 2.24) is 0 Å². The molecule has 0 unspecified atom stereocenters. The van der Waals surface area contributed by atoms with E-state index in [1.165, 1.54) is 4.90 Å². The minimum atomic E-state index is -1.05. The molecule has 1 aromatic rings. The van der Waals surface area contributed by atoms with E-state index in [0.29, 0.717) is 5.69 Å². The van der Waals surface area contributed by atoms with Gasteiger partial charge >= 0.3 is 11.9 Å². The highest BCUT2D eigenvalue weighted by Crippen LogP contribution is 2.34. The predicted molar refractivity (Wildman–Crippen MR) is 79.6 cm³/mol. The van der Waals surface area contributed by atoms with Crippen LogP contribution in [0, 0.1) is 11.8 Å². The lowest BCUT2D eigenvalue weighted by atomic mass is 9.96. The number of anilines is 1. The van der Waals surface area contributed by atoms with Crippen LogP contribution >= 0.6 is 0 Å². The highest BCUT2D eigenvalue weighted by atomic mass is 16.4. The normalized spacial score (nSPS) is 19.4. The van der Waals surface area contributed by atoms with Crippen molar-refractivity contribution in [2.75, 3.05) is 4.90 Å². The number of fused-ring (bicyclic) bond motifs is 1. The maximum absolute atomic E-state index is 12.7. The summed E-state index contributed by atoms with van der Waals surface area (Å²) in [5.74, 6) is -3.57. The van der Waals surface area contributed by atoms with Gasteiger partial charge in [0.2, 0.25) is 5.91 Å². The molecule has 0 aliphatic carbocycles. The van der Waals surface area contributed by atoms with Gasteiger partial charge in [-0.2, -0.15) is 0 Å². The third-order valence-corrected chi connectivity index (χ3v) is 4.05. The number of hydrogen-bond donors (Lipinski definition) is 2. The molecule has 3 atom stereocenters. The highest BCUT2D eigenvalue weighted by molar-refractivity contribution is 6.02. The summed E-state index contributed by atoms with van der Waals surface area (Å²) in [5.41, 5.74) is 1.43. The van der Waals surface area contributed by atoms with E-state index in [4.69, 9.17) is 5.11 Å². The maximum atomic E-state index is 12.7. The summed E-state index contributed by atoms with van der Waals surface area (Å²) in [4.78, 5) is 36.3. The average Bonchev–Trinajstić information content (AvgIpc) is 2.85. The zero-order chi connectivity index (χ0) is 16.4. The molecule has 1 amide bonds. The van der Waals surface area contributed by atoms with Crippen LogP contribution < -0.4 is 4.90 Å². The van der Waals surface area contributed by atoms with Crippen LogP contribution in [0.25, 0.3) is 0 Å². The summed E-state index contributed by atoms with van der Waals surface area (Å²) in [6, 6.07) is 6.18. The van der Waals surface area contributed by atoms with Crippen molar-refractivity contribution in [3.8, 4) is 0 Å². The number of amides is 1. The fourth-order valence-electron chi connectivity index (χ4n) is 2.83. The first-order valence-electron chi connectivity index (χ1n) is 7.19. The van der Waals surface area contributed by atoms with Crippen LogP contribution in [-0.4, -0.2) is 34.1 Å². The van der Waals surface area contributed by atoms with E-state index in [0.717, 1.165) is 5.56 Å².